The fraction of sp³-hybridized carbons (Fsp3) is 0.200. The third kappa shape index (κ3) is 5.78. The molecule has 12 heteroatoms. The Hall–Kier alpha value is -4.14. The van der Waals surface area contributed by atoms with Crippen LogP contribution in [0.4, 0.5) is 25.8 Å². The van der Waals surface area contributed by atoms with E-state index in [-0.39, 0.29) is 16.4 Å². The van der Waals surface area contributed by atoms with Gasteiger partial charge < -0.3 is 21.4 Å². The van der Waals surface area contributed by atoms with E-state index in [1.807, 2.05) is 12.3 Å². The monoisotopic (exact) mass is 606 g/mol. The summed E-state index contributed by atoms with van der Waals surface area (Å²) in [5.41, 5.74) is 10.5. The van der Waals surface area contributed by atoms with Crippen LogP contribution in [0.2, 0.25) is 10.0 Å². The molecule has 0 bridgehead atoms. The lowest BCUT2D eigenvalue weighted by Crippen LogP contribution is -2.47. The molecule has 2 aliphatic heterocycles. The normalized spacial score (nSPS) is 16.1. The molecule has 6 rings (SSSR count). The van der Waals surface area contributed by atoms with Crippen molar-refractivity contribution in [2.24, 2.45) is 0 Å². The molecular formula is C30H26Cl2F2N8. The van der Waals surface area contributed by atoms with Gasteiger partial charge >= 0.3 is 0 Å². The van der Waals surface area contributed by atoms with Crippen molar-refractivity contribution in [2.45, 2.75) is 24.9 Å². The van der Waals surface area contributed by atoms with Gasteiger partial charge in [-0.25, -0.2) is 8.78 Å². The maximum Gasteiger partial charge on any atom is 0.141 e. The van der Waals surface area contributed by atoms with E-state index in [1.165, 1.54) is 36.5 Å². The molecule has 1 saturated heterocycles. The van der Waals surface area contributed by atoms with Crippen LogP contribution in [-0.4, -0.2) is 29.1 Å². The van der Waals surface area contributed by atoms with Crippen LogP contribution >= 0.6 is 23.2 Å². The van der Waals surface area contributed by atoms with Crippen molar-refractivity contribution in [3.63, 3.8) is 0 Å². The molecule has 42 heavy (non-hydrogen) atoms. The molecule has 0 amide bonds. The maximum absolute atomic E-state index is 13.9. The highest BCUT2D eigenvalue weighted by atomic mass is 35.5. The van der Waals surface area contributed by atoms with Gasteiger partial charge in [-0.3, -0.25) is 9.99 Å². The van der Waals surface area contributed by atoms with Crippen LogP contribution in [0, 0.1) is 23.0 Å². The zero-order valence-corrected chi connectivity index (χ0v) is 23.7. The standard InChI is InChI=1S/C30H26Cl2F2N8/c31-24-12-20(5-6-26(24)34)38-28-18(14-35)15-37-30-23(28)11-21(13-25(30)32)39-29(17-1-3-19(33)4-2-17)27-16-42(41-40-27)22-7-9-36-10-8-22/h1-6,11-13,15-16,22,29,36,39-41H,7-10H2,(H,37,38)/t29-/m0/s1. The van der Waals surface area contributed by atoms with Gasteiger partial charge in [-0.15, -0.1) is 5.53 Å². The van der Waals surface area contributed by atoms with Crippen LogP contribution in [0.1, 0.15) is 30.0 Å². The van der Waals surface area contributed by atoms with Crippen molar-refractivity contribution in [3.8, 4) is 6.07 Å². The predicted octanol–water partition coefficient (Wildman–Crippen LogP) is 6.51. The van der Waals surface area contributed by atoms with E-state index in [4.69, 9.17) is 23.2 Å². The summed E-state index contributed by atoms with van der Waals surface area (Å²) in [5.74, 6) is -0.882. The third-order valence-electron chi connectivity index (χ3n) is 7.37. The fourth-order valence-corrected chi connectivity index (χ4v) is 5.66. The van der Waals surface area contributed by atoms with Gasteiger partial charge in [0.2, 0.25) is 0 Å². The number of aromatic nitrogens is 1. The Morgan fingerprint density at radius 1 is 1.00 bits per heavy atom. The molecule has 5 N–H and O–H groups in total. The lowest BCUT2D eigenvalue weighted by molar-refractivity contribution is 0.162. The summed E-state index contributed by atoms with van der Waals surface area (Å²) in [6, 6.07) is 16.2. The second-order valence-corrected chi connectivity index (χ2v) is 10.9. The number of nitrogens with zero attached hydrogens (tertiary/aromatic N) is 3. The number of hydrogen-bond donors (Lipinski definition) is 5. The van der Waals surface area contributed by atoms with E-state index >= 15 is 0 Å². The number of nitrogens with one attached hydrogen (secondary N) is 5. The largest absolute Gasteiger partial charge is 0.373 e. The molecule has 0 radical (unpaired) electrons. The Labute approximate surface area is 251 Å². The van der Waals surface area contributed by atoms with Crippen LogP contribution in [0.15, 0.2) is 72.7 Å². The van der Waals surface area contributed by atoms with Crippen LogP contribution in [0.25, 0.3) is 10.9 Å². The lowest BCUT2D eigenvalue weighted by atomic mass is 10.0. The van der Waals surface area contributed by atoms with E-state index in [2.05, 4.69) is 43.0 Å². The summed E-state index contributed by atoms with van der Waals surface area (Å²) < 4.78 is 27.7. The first kappa shape index (κ1) is 28.0. The number of anilines is 3. The number of fused-ring (bicyclic) bond motifs is 1. The second-order valence-electron chi connectivity index (χ2n) is 10.1. The molecule has 3 aromatic carbocycles. The summed E-state index contributed by atoms with van der Waals surface area (Å²) in [6.07, 6.45) is 5.46. The SMILES string of the molecule is N#Cc1cnc2c(Cl)cc(N[C@H](C3=CN(C4CCNCC4)NN3)c3ccc(F)cc3)cc2c1Nc1ccc(F)c(Cl)c1. The Bertz CT molecular complexity index is 1700. The highest BCUT2D eigenvalue weighted by molar-refractivity contribution is 6.36. The van der Waals surface area contributed by atoms with Gasteiger partial charge in [-0.05, 0) is 74.0 Å². The Morgan fingerprint density at radius 2 is 1.76 bits per heavy atom. The van der Waals surface area contributed by atoms with E-state index < -0.39 is 11.9 Å². The second kappa shape index (κ2) is 12.0. The van der Waals surface area contributed by atoms with E-state index in [1.54, 1.807) is 18.2 Å². The average molecular weight is 607 g/mol. The molecule has 4 aromatic rings. The van der Waals surface area contributed by atoms with E-state index in [0.29, 0.717) is 39.0 Å². The molecule has 0 saturated carbocycles. The van der Waals surface area contributed by atoms with Crippen molar-refractivity contribution in [1.29, 1.82) is 5.26 Å². The van der Waals surface area contributed by atoms with E-state index in [0.717, 1.165) is 37.2 Å². The number of rotatable bonds is 7. The van der Waals surface area contributed by atoms with Crippen LogP contribution < -0.4 is 26.9 Å². The number of halogens is 4. The van der Waals surface area contributed by atoms with Gasteiger partial charge in [0.1, 0.15) is 17.7 Å². The molecule has 0 spiro atoms. The quantitative estimate of drug-likeness (QED) is 0.162. The number of hydrazine groups is 2. The molecular weight excluding hydrogens is 581 g/mol. The minimum Gasteiger partial charge on any atom is -0.373 e. The van der Waals surface area contributed by atoms with Crippen LogP contribution in [-0.2, 0) is 0 Å². The minimum absolute atomic E-state index is 0.0520. The topological polar surface area (TPSA) is 100 Å². The van der Waals surface area contributed by atoms with Gasteiger partial charge in [0.05, 0.1) is 38.6 Å². The molecule has 0 aliphatic carbocycles. The molecule has 1 fully saturated rings. The van der Waals surface area contributed by atoms with Gasteiger partial charge in [0.25, 0.3) is 0 Å². The van der Waals surface area contributed by atoms with Gasteiger partial charge in [-0.1, -0.05) is 35.3 Å². The summed E-state index contributed by atoms with van der Waals surface area (Å²) in [4.78, 5) is 4.42. The van der Waals surface area contributed by atoms with Crippen molar-refractivity contribution in [3.05, 3.63) is 105 Å². The summed E-state index contributed by atoms with van der Waals surface area (Å²) in [7, 11) is 0. The van der Waals surface area contributed by atoms with Gasteiger partial charge in [-0.2, -0.15) is 5.26 Å². The fourth-order valence-electron chi connectivity index (χ4n) is 5.21. The number of benzene rings is 3. The lowest BCUT2D eigenvalue weighted by Gasteiger charge is -2.30. The molecule has 214 valence electrons. The minimum atomic E-state index is -0.549. The Balaban J connectivity index is 1.39. The van der Waals surface area contributed by atoms with Crippen LogP contribution in [0.3, 0.4) is 0 Å². The summed E-state index contributed by atoms with van der Waals surface area (Å²) >= 11 is 12.7. The number of nitriles is 1. The van der Waals surface area contributed by atoms with Crippen LogP contribution in [0.5, 0.6) is 0 Å². The first-order valence-corrected chi connectivity index (χ1v) is 14.1. The maximum atomic E-state index is 13.9. The number of pyridine rings is 1. The van der Waals surface area contributed by atoms with Gasteiger partial charge in [0, 0.05) is 35.2 Å². The molecule has 8 nitrogen and oxygen atoms in total. The van der Waals surface area contributed by atoms with Crippen molar-refractivity contribution >= 4 is 51.2 Å². The first-order chi connectivity index (χ1) is 20.4. The Morgan fingerprint density at radius 3 is 2.50 bits per heavy atom. The van der Waals surface area contributed by atoms with Gasteiger partial charge in [0.15, 0.2) is 0 Å². The smallest absolute Gasteiger partial charge is 0.141 e. The number of hydrogen-bond acceptors (Lipinski definition) is 8. The molecule has 0 unspecified atom stereocenters. The molecule has 1 aromatic heterocycles. The highest BCUT2D eigenvalue weighted by Crippen LogP contribution is 2.37. The Kier molecular flexibility index (Phi) is 8.00. The highest BCUT2D eigenvalue weighted by Gasteiger charge is 2.27. The predicted molar refractivity (Wildman–Crippen MR) is 161 cm³/mol. The number of piperidine rings is 1. The first-order valence-electron chi connectivity index (χ1n) is 13.4. The zero-order valence-electron chi connectivity index (χ0n) is 22.2. The third-order valence-corrected chi connectivity index (χ3v) is 7.95. The molecule has 3 heterocycles. The van der Waals surface area contributed by atoms with Crippen molar-refractivity contribution < 1.29 is 8.78 Å². The molecule has 2 aliphatic rings. The average Bonchev–Trinajstić information content (AvgIpc) is 3.49. The van der Waals surface area contributed by atoms with Crippen molar-refractivity contribution in [2.75, 3.05) is 23.7 Å². The summed E-state index contributed by atoms with van der Waals surface area (Å²) in [6.45, 7) is 1.89. The summed E-state index contributed by atoms with van der Waals surface area (Å²) in [5, 5.41) is 22.9. The zero-order chi connectivity index (χ0) is 29.2. The van der Waals surface area contributed by atoms with Crippen molar-refractivity contribution in [1.82, 2.24) is 26.3 Å². The molecule has 1 atom stereocenters. The van der Waals surface area contributed by atoms with E-state index in [9.17, 15) is 14.0 Å².